The highest BCUT2D eigenvalue weighted by atomic mass is 16.4. The molecule has 1 aromatic rings. The molecule has 1 rings (SSSR count). The molecule has 0 radical (unpaired) electrons. The van der Waals surface area contributed by atoms with Crippen molar-refractivity contribution in [3.63, 3.8) is 0 Å². The topological polar surface area (TPSA) is 95.1 Å². The molecular weight excluding hydrogens is 234 g/mol. The number of aromatic amines is 1. The van der Waals surface area contributed by atoms with Crippen molar-refractivity contribution in [2.24, 2.45) is 5.41 Å². The van der Waals surface area contributed by atoms with Crippen LogP contribution in [0.5, 0.6) is 0 Å². The van der Waals surface area contributed by atoms with Gasteiger partial charge in [-0.25, -0.2) is 9.78 Å². The second-order valence-electron chi connectivity index (χ2n) is 4.88. The Bertz CT molecular complexity index is 412. The standard InChI is InChI=1S/C12H19N3O3/c1-4-12(2,3)11(18)15-9(10(16)17)5-8-6-13-7-14-8/h6-7,9H,4-5H2,1-3H3,(H,13,14)(H,15,18)(H,16,17)/t9-/m1/s1. The van der Waals surface area contributed by atoms with Crippen LogP contribution in [0.25, 0.3) is 0 Å². The van der Waals surface area contributed by atoms with Gasteiger partial charge in [-0.2, -0.15) is 0 Å². The quantitative estimate of drug-likeness (QED) is 0.703. The highest BCUT2D eigenvalue weighted by Gasteiger charge is 2.29. The number of aromatic nitrogens is 2. The van der Waals surface area contributed by atoms with Crippen molar-refractivity contribution < 1.29 is 14.7 Å². The smallest absolute Gasteiger partial charge is 0.326 e. The molecule has 1 heterocycles. The van der Waals surface area contributed by atoms with Crippen molar-refractivity contribution in [3.05, 3.63) is 18.2 Å². The number of aliphatic carboxylic acids is 1. The van der Waals surface area contributed by atoms with Crippen molar-refractivity contribution in [1.82, 2.24) is 15.3 Å². The van der Waals surface area contributed by atoms with Gasteiger partial charge in [-0.15, -0.1) is 0 Å². The van der Waals surface area contributed by atoms with Gasteiger partial charge in [0.1, 0.15) is 6.04 Å². The van der Waals surface area contributed by atoms with Gasteiger partial charge in [0.25, 0.3) is 0 Å². The van der Waals surface area contributed by atoms with Crippen molar-refractivity contribution in [1.29, 1.82) is 0 Å². The Labute approximate surface area is 106 Å². The van der Waals surface area contributed by atoms with Crippen LogP contribution in [-0.4, -0.2) is 33.0 Å². The lowest BCUT2D eigenvalue weighted by Gasteiger charge is -2.24. The van der Waals surface area contributed by atoms with Crippen LogP contribution in [0, 0.1) is 5.41 Å². The summed E-state index contributed by atoms with van der Waals surface area (Å²) in [7, 11) is 0. The van der Waals surface area contributed by atoms with Gasteiger partial charge in [0.15, 0.2) is 0 Å². The predicted molar refractivity (Wildman–Crippen MR) is 65.9 cm³/mol. The van der Waals surface area contributed by atoms with Crippen LogP contribution in [0.3, 0.4) is 0 Å². The fourth-order valence-electron chi connectivity index (χ4n) is 1.33. The van der Waals surface area contributed by atoms with E-state index < -0.39 is 17.4 Å². The molecule has 0 fully saturated rings. The maximum Gasteiger partial charge on any atom is 0.326 e. The van der Waals surface area contributed by atoms with E-state index in [9.17, 15) is 9.59 Å². The fraction of sp³-hybridized carbons (Fsp3) is 0.583. The molecule has 0 aromatic carbocycles. The summed E-state index contributed by atoms with van der Waals surface area (Å²) in [6.45, 7) is 5.47. The molecule has 100 valence electrons. The molecule has 0 saturated heterocycles. The van der Waals surface area contributed by atoms with Crippen LogP contribution in [-0.2, 0) is 16.0 Å². The van der Waals surface area contributed by atoms with E-state index in [4.69, 9.17) is 5.11 Å². The number of carboxylic acids is 1. The molecule has 0 unspecified atom stereocenters. The fourth-order valence-corrected chi connectivity index (χ4v) is 1.33. The summed E-state index contributed by atoms with van der Waals surface area (Å²) in [6.07, 6.45) is 3.87. The van der Waals surface area contributed by atoms with E-state index in [1.807, 2.05) is 6.92 Å². The maximum atomic E-state index is 11.9. The molecule has 0 bridgehead atoms. The number of imidazole rings is 1. The van der Waals surface area contributed by atoms with Gasteiger partial charge in [0.05, 0.1) is 6.33 Å². The first-order chi connectivity index (χ1) is 8.36. The number of nitrogens with zero attached hydrogens (tertiary/aromatic N) is 1. The van der Waals surface area contributed by atoms with Gasteiger partial charge in [-0.3, -0.25) is 4.79 Å². The minimum Gasteiger partial charge on any atom is -0.480 e. The molecule has 1 aromatic heterocycles. The van der Waals surface area contributed by atoms with Crippen molar-refractivity contribution in [3.8, 4) is 0 Å². The number of carbonyl (C=O) groups excluding carboxylic acids is 1. The molecule has 1 amide bonds. The van der Waals surface area contributed by atoms with E-state index in [2.05, 4.69) is 15.3 Å². The van der Waals surface area contributed by atoms with Gasteiger partial charge in [0.2, 0.25) is 5.91 Å². The predicted octanol–water partition coefficient (Wildman–Crippen LogP) is 0.958. The average molecular weight is 253 g/mol. The monoisotopic (exact) mass is 253 g/mol. The number of carbonyl (C=O) groups is 2. The lowest BCUT2D eigenvalue weighted by molar-refractivity contribution is -0.143. The van der Waals surface area contributed by atoms with Gasteiger partial charge in [0, 0.05) is 23.7 Å². The zero-order valence-electron chi connectivity index (χ0n) is 10.9. The molecule has 0 aliphatic heterocycles. The normalized spacial score (nSPS) is 13.1. The minimum absolute atomic E-state index is 0.195. The molecule has 3 N–H and O–H groups in total. The maximum absolute atomic E-state index is 11.9. The molecule has 0 aliphatic rings. The first-order valence-corrected chi connectivity index (χ1v) is 5.88. The second kappa shape index (κ2) is 5.66. The Balaban J connectivity index is 2.70. The Hall–Kier alpha value is -1.85. The lowest BCUT2D eigenvalue weighted by Crippen LogP contribution is -2.47. The van der Waals surface area contributed by atoms with Gasteiger partial charge in [-0.1, -0.05) is 20.8 Å². The van der Waals surface area contributed by atoms with E-state index in [0.29, 0.717) is 12.1 Å². The summed E-state index contributed by atoms with van der Waals surface area (Å²) in [5, 5.41) is 11.7. The zero-order valence-corrected chi connectivity index (χ0v) is 10.9. The van der Waals surface area contributed by atoms with Crippen LogP contribution in [0.2, 0.25) is 0 Å². The second-order valence-corrected chi connectivity index (χ2v) is 4.88. The first kappa shape index (κ1) is 14.2. The van der Waals surface area contributed by atoms with E-state index in [0.717, 1.165) is 0 Å². The molecule has 18 heavy (non-hydrogen) atoms. The van der Waals surface area contributed by atoms with Crippen molar-refractivity contribution >= 4 is 11.9 Å². The summed E-state index contributed by atoms with van der Waals surface area (Å²) >= 11 is 0. The average Bonchev–Trinajstić information content (AvgIpc) is 2.80. The molecule has 0 spiro atoms. The summed E-state index contributed by atoms with van der Waals surface area (Å²) in [5.74, 6) is -1.30. The molecule has 0 saturated carbocycles. The van der Waals surface area contributed by atoms with Crippen LogP contribution in [0.15, 0.2) is 12.5 Å². The lowest BCUT2D eigenvalue weighted by atomic mass is 9.89. The third kappa shape index (κ3) is 3.58. The molecule has 6 nitrogen and oxygen atoms in total. The van der Waals surface area contributed by atoms with E-state index >= 15 is 0 Å². The molecule has 1 atom stereocenters. The number of carboxylic acid groups (broad SMARTS) is 1. The number of H-pyrrole nitrogens is 1. The number of amides is 1. The minimum atomic E-state index is -1.05. The third-order valence-corrected chi connectivity index (χ3v) is 3.08. The van der Waals surface area contributed by atoms with Crippen molar-refractivity contribution in [2.75, 3.05) is 0 Å². The van der Waals surface area contributed by atoms with E-state index in [1.54, 1.807) is 20.0 Å². The largest absolute Gasteiger partial charge is 0.480 e. The molecular formula is C12H19N3O3. The SMILES string of the molecule is CCC(C)(C)C(=O)N[C@H](Cc1cnc[nH]1)C(=O)O. The van der Waals surface area contributed by atoms with Crippen LogP contribution in [0.4, 0.5) is 0 Å². The number of nitrogens with one attached hydrogen (secondary N) is 2. The van der Waals surface area contributed by atoms with Crippen LogP contribution >= 0.6 is 0 Å². The van der Waals surface area contributed by atoms with Crippen LogP contribution < -0.4 is 5.32 Å². The summed E-state index contributed by atoms with van der Waals surface area (Å²) in [5.41, 5.74) is 0.110. The summed E-state index contributed by atoms with van der Waals surface area (Å²) < 4.78 is 0. The highest BCUT2D eigenvalue weighted by molar-refractivity contribution is 5.87. The Kier molecular flexibility index (Phi) is 4.47. The number of rotatable bonds is 6. The Morgan fingerprint density at radius 1 is 1.56 bits per heavy atom. The highest BCUT2D eigenvalue weighted by Crippen LogP contribution is 2.19. The van der Waals surface area contributed by atoms with Gasteiger partial charge >= 0.3 is 5.97 Å². The Morgan fingerprint density at radius 3 is 2.67 bits per heavy atom. The number of hydrogen-bond donors (Lipinski definition) is 3. The van der Waals surface area contributed by atoms with Gasteiger partial charge < -0.3 is 15.4 Å². The number of hydrogen-bond acceptors (Lipinski definition) is 3. The summed E-state index contributed by atoms with van der Waals surface area (Å²) in [4.78, 5) is 29.7. The zero-order chi connectivity index (χ0) is 13.8. The van der Waals surface area contributed by atoms with E-state index in [1.165, 1.54) is 6.33 Å². The van der Waals surface area contributed by atoms with E-state index in [-0.39, 0.29) is 12.3 Å². The Morgan fingerprint density at radius 2 is 2.22 bits per heavy atom. The van der Waals surface area contributed by atoms with Gasteiger partial charge in [-0.05, 0) is 6.42 Å². The molecule has 0 aliphatic carbocycles. The third-order valence-electron chi connectivity index (χ3n) is 3.08. The van der Waals surface area contributed by atoms with Crippen molar-refractivity contribution in [2.45, 2.75) is 39.7 Å². The summed E-state index contributed by atoms with van der Waals surface area (Å²) in [6, 6.07) is -0.941. The molecule has 6 heteroatoms. The van der Waals surface area contributed by atoms with Crippen LogP contribution in [0.1, 0.15) is 32.9 Å². The first-order valence-electron chi connectivity index (χ1n) is 5.88.